The van der Waals surface area contributed by atoms with Crippen LogP contribution in [0.25, 0.3) is 11.0 Å². The Morgan fingerprint density at radius 3 is 2.52 bits per heavy atom. The van der Waals surface area contributed by atoms with Crippen molar-refractivity contribution in [3.8, 4) is 5.75 Å². The SMILES string of the molecule is COc1ccc(C)cc1C(N)c1ccc2nccnc2c1. The van der Waals surface area contributed by atoms with Crippen LogP contribution in [0.3, 0.4) is 0 Å². The van der Waals surface area contributed by atoms with E-state index in [-0.39, 0.29) is 6.04 Å². The van der Waals surface area contributed by atoms with Crippen LogP contribution >= 0.6 is 0 Å². The second-order valence-corrected chi connectivity index (χ2v) is 5.03. The number of rotatable bonds is 3. The van der Waals surface area contributed by atoms with Gasteiger partial charge in [0.25, 0.3) is 0 Å². The highest BCUT2D eigenvalue weighted by Gasteiger charge is 2.15. The molecule has 3 rings (SSSR count). The monoisotopic (exact) mass is 279 g/mol. The van der Waals surface area contributed by atoms with Crippen molar-refractivity contribution in [2.75, 3.05) is 7.11 Å². The van der Waals surface area contributed by atoms with E-state index in [4.69, 9.17) is 10.5 Å². The van der Waals surface area contributed by atoms with Crippen molar-refractivity contribution in [2.24, 2.45) is 5.73 Å². The zero-order chi connectivity index (χ0) is 14.8. The van der Waals surface area contributed by atoms with E-state index in [0.29, 0.717) is 0 Å². The number of hydrogen-bond acceptors (Lipinski definition) is 4. The standard InChI is InChI=1S/C17H17N3O/c1-11-3-6-16(21-2)13(9-11)17(18)12-4-5-14-15(10-12)20-8-7-19-14/h3-10,17H,18H2,1-2H3. The Bertz CT molecular complexity index is 786. The molecular formula is C17H17N3O. The molecule has 4 heteroatoms. The second-order valence-electron chi connectivity index (χ2n) is 5.03. The maximum Gasteiger partial charge on any atom is 0.123 e. The molecule has 2 aromatic carbocycles. The summed E-state index contributed by atoms with van der Waals surface area (Å²) in [7, 11) is 1.66. The predicted molar refractivity (Wildman–Crippen MR) is 83.3 cm³/mol. The highest BCUT2D eigenvalue weighted by atomic mass is 16.5. The molecule has 21 heavy (non-hydrogen) atoms. The third kappa shape index (κ3) is 2.58. The Kier molecular flexibility index (Phi) is 3.54. The minimum absolute atomic E-state index is 0.258. The van der Waals surface area contributed by atoms with Crippen LogP contribution in [0.5, 0.6) is 5.75 Å². The maximum absolute atomic E-state index is 6.42. The van der Waals surface area contributed by atoms with Gasteiger partial charge in [-0.2, -0.15) is 0 Å². The van der Waals surface area contributed by atoms with Crippen LogP contribution in [0.4, 0.5) is 0 Å². The Morgan fingerprint density at radius 1 is 1.00 bits per heavy atom. The molecule has 0 amide bonds. The second kappa shape index (κ2) is 5.50. The quantitative estimate of drug-likeness (QED) is 0.800. The van der Waals surface area contributed by atoms with Crippen LogP contribution in [-0.4, -0.2) is 17.1 Å². The lowest BCUT2D eigenvalue weighted by Gasteiger charge is -2.17. The van der Waals surface area contributed by atoms with E-state index >= 15 is 0 Å². The van der Waals surface area contributed by atoms with E-state index in [9.17, 15) is 0 Å². The molecule has 1 heterocycles. The van der Waals surface area contributed by atoms with E-state index in [0.717, 1.165) is 33.5 Å². The number of nitrogens with two attached hydrogens (primary N) is 1. The molecule has 0 saturated carbocycles. The number of ether oxygens (including phenoxy) is 1. The number of benzene rings is 2. The summed E-state index contributed by atoms with van der Waals surface area (Å²) in [5.41, 5.74) is 11.3. The van der Waals surface area contributed by atoms with Crippen molar-refractivity contribution in [3.63, 3.8) is 0 Å². The molecule has 2 N–H and O–H groups in total. The summed E-state index contributed by atoms with van der Waals surface area (Å²) in [6.45, 7) is 2.04. The topological polar surface area (TPSA) is 61.0 Å². The number of aryl methyl sites for hydroxylation is 1. The zero-order valence-electron chi connectivity index (χ0n) is 12.1. The fourth-order valence-electron chi connectivity index (χ4n) is 2.45. The maximum atomic E-state index is 6.42. The van der Waals surface area contributed by atoms with Crippen molar-refractivity contribution in [2.45, 2.75) is 13.0 Å². The average Bonchev–Trinajstić information content (AvgIpc) is 2.53. The van der Waals surface area contributed by atoms with Crippen LogP contribution in [0.15, 0.2) is 48.8 Å². The molecule has 0 aliphatic rings. The normalized spacial score (nSPS) is 12.3. The third-order valence-corrected chi connectivity index (χ3v) is 3.57. The molecule has 0 radical (unpaired) electrons. The van der Waals surface area contributed by atoms with Gasteiger partial charge in [-0.15, -0.1) is 0 Å². The van der Waals surface area contributed by atoms with Gasteiger partial charge in [-0.1, -0.05) is 23.8 Å². The lowest BCUT2D eigenvalue weighted by molar-refractivity contribution is 0.407. The minimum atomic E-state index is -0.258. The molecular weight excluding hydrogens is 262 g/mol. The molecule has 0 spiro atoms. The molecule has 1 unspecified atom stereocenters. The molecule has 0 aliphatic heterocycles. The van der Waals surface area contributed by atoms with Crippen molar-refractivity contribution >= 4 is 11.0 Å². The van der Waals surface area contributed by atoms with Crippen molar-refractivity contribution < 1.29 is 4.74 Å². The highest BCUT2D eigenvalue weighted by molar-refractivity contribution is 5.74. The summed E-state index contributed by atoms with van der Waals surface area (Å²) in [5, 5.41) is 0. The van der Waals surface area contributed by atoms with Gasteiger partial charge in [-0.25, -0.2) is 0 Å². The molecule has 106 valence electrons. The van der Waals surface area contributed by atoms with E-state index in [1.165, 1.54) is 0 Å². The largest absolute Gasteiger partial charge is 0.496 e. The van der Waals surface area contributed by atoms with Crippen molar-refractivity contribution in [1.82, 2.24) is 9.97 Å². The predicted octanol–water partition coefficient (Wildman–Crippen LogP) is 2.99. The lowest BCUT2D eigenvalue weighted by Crippen LogP contribution is -2.13. The van der Waals surface area contributed by atoms with Crippen molar-refractivity contribution in [3.05, 3.63) is 65.5 Å². The third-order valence-electron chi connectivity index (χ3n) is 3.57. The van der Waals surface area contributed by atoms with Crippen molar-refractivity contribution in [1.29, 1.82) is 0 Å². The van der Waals surface area contributed by atoms with E-state index in [1.807, 2.05) is 37.3 Å². The smallest absolute Gasteiger partial charge is 0.123 e. The van der Waals surface area contributed by atoms with Gasteiger partial charge >= 0.3 is 0 Å². The van der Waals surface area contributed by atoms with Gasteiger partial charge in [0.15, 0.2) is 0 Å². The van der Waals surface area contributed by atoms with Crippen LogP contribution in [0.2, 0.25) is 0 Å². The van der Waals surface area contributed by atoms with Crippen LogP contribution in [0.1, 0.15) is 22.7 Å². The molecule has 1 aromatic heterocycles. The molecule has 0 aliphatic carbocycles. The van der Waals surface area contributed by atoms with Gasteiger partial charge in [0.05, 0.1) is 24.2 Å². The highest BCUT2D eigenvalue weighted by Crippen LogP contribution is 2.30. The average molecular weight is 279 g/mol. The van der Waals surface area contributed by atoms with Gasteiger partial charge in [0.1, 0.15) is 5.75 Å². The zero-order valence-corrected chi connectivity index (χ0v) is 12.1. The molecule has 0 fully saturated rings. The Balaban J connectivity index is 2.07. The lowest BCUT2D eigenvalue weighted by atomic mass is 9.97. The minimum Gasteiger partial charge on any atom is -0.496 e. The number of nitrogens with zero attached hydrogens (tertiary/aromatic N) is 2. The van der Waals surface area contributed by atoms with Gasteiger partial charge in [0.2, 0.25) is 0 Å². The summed E-state index contributed by atoms with van der Waals surface area (Å²) >= 11 is 0. The van der Waals surface area contributed by atoms with E-state index in [2.05, 4.69) is 16.0 Å². The van der Waals surface area contributed by atoms with E-state index in [1.54, 1.807) is 19.5 Å². The fourth-order valence-corrected chi connectivity index (χ4v) is 2.45. The summed E-state index contributed by atoms with van der Waals surface area (Å²) in [4.78, 5) is 8.60. The number of methoxy groups -OCH3 is 1. The van der Waals surface area contributed by atoms with Gasteiger partial charge in [0, 0.05) is 18.0 Å². The van der Waals surface area contributed by atoms with Crippen LogP contribution in [0, 0.1) is 6.92 Å². The number of hydrogen-bond donors (Lipinski definition) is 1. The summed E-state index contributed by atoms with van der Waals surface area (Å²) in [6, 6.07) is 11.7. The summed E-state index contributed by atoms with van der Waals surface area (Å²) < 4.78 is 5.42. The first-order valence-electron chi connectivity index (χ1n) is 6.80. The van der Waals surface area contributed by atoms with E-state index < -0.39 is 0 Å². The Hall–Kier alpha value is -2.46. The number of aromatic nitrogens is 2. The summed E-state index contributed by atoms with van der Waals surface area (Å²) in [6.07, 6.45) is 3.37. The first-order chi connectivity index (χ1) is 10.2. The first kappa shape index (κ1) is 13.5. The van der Waals surface area contributed by atoms with Crippen LogP contribution in [-0.2, 0) is 0 Å². The molecule has 4 nitrogen and oxygen atoms in total. The van der Waals surface area contributed by atoms with Gasteiger partial charge in [-0.05, 0) is 30.7 Å². The van der Waals surface area contributed by atoms with Gasteiger partial charge < -0.3 is 10.5 Å². The van der Waals surface area contributed by atoms with Crippen LogP contribution < -0.4 is 10.5 Å². The first-order valence-corrected chi connectivity index (χ1v) is 6.80. The molecule has 1 atom stereocenters. The number of fused-ring (bicyclic) bond motifs is 1. The fraction of sp³-hybridized carbons (Fsp3) is 0.176. The molecule has 0 bridgehead atoms. The molecule has 3 aromatic rings. The summed E-state index contributed by atoms with van der Waals surface area (Å²) in [5.74, 6) is 0.798. The molecule has 0 saturated heterocycles. The Labute approximate surface area is 123 Å². The van der Waals surface area contributed by atoms with Gasteiger partial charge in [-0.3, -0.25) is 9.97 Å². The Morgan fingerprint density at radius 2 is 1.76 bits per heavy atom.